The highest BCUT2D eigenvalue weighted by Gasteiger charge is 2.12. The molecular formula is C17H13N7O. The summed E-state index contributed by atoms with van der Waals surface area (Å²) in [5.41, 5.74) is 7.06. The molecule has 0 atom stereocenters. The van der Waals surface area contributed by atoms with Crippen LogP contribution in [0.25, 0.3) is 16.9 Å². The fourth-order valence-corrected chi connectivity index (χ4v) is 2.48. The molecule has 0 saturated heterocycles. The van der Waals surface area contributed by atoms with Gasteiger partial charge in [0.25, 0.3) is 0 Å². The fraction of sp³-hybridized carbons (Fsp3) is 0. The predicted octanol–water partition coefficient (Wildman–Crippen LogP) is 2.05. The molecule has 8 nitrogen and oxygen atoms in total. The van der Waals surface area contributed by atoms with Crippen LogP contribution in [0.5, 0.6) is 0 Å². The molecule has 0 spiro atoms. The van der Waals surface area contributed by atoms with Crippen molar-refractivity contribution in [3.63, 3.8) is 0 Å². The maximum absolute atomic E-state index is 11.3. The zero-order valence-corrected chi connectivity index (χ0v) is 13.0. The number of benzene rings is 1. The Morgan fingerprint density at radius 2 is 2.00 bits per heavy atom. The second-order valence-electron chi connectivity index (χ2n) is 5.27. The highest BCUT2D eigenvalue weighted by Crippen LogP contribution is 2.24. The van der Waals surface area contributed by atoms with Crippen LogP contribution in [-0.2, 0) is 0 Å². The average Bonchev–Trinajstić information content (AvgIpc) is 3.08. The van der Waals surface area contributed by atoms with Gasteiger partial charge in [0.15, 0.2) is 11.5 Å². The van der Waals surface area contributed by atoms with Gasteiger partial charge in [-0.1, -0.05) is 12.1 Å². The van der Waals surface area contributed by atoms with E-state index in [2.05, 4.69) is 25.4 Å². The molecule has 4 rings (SSSR count). The van der Waals surface area contributed by atoms with Crippen LogP contribution in [0.4, 0.5) is 11.5 Å². The summed E-state index contributed by atoms with van der Waals surface area (Å²) in [5.74, 6) is 0.756. The minimum atomic E-state index is -0.487. The minimum absolute atomic E-state index is 0.416. The van der Waals surface area contributed by atoms with Crippen molar-refractivity contribution in [1.29, 1.82) is 0 Å². The van der Waals surface area contributed by atoms with Gasteiger partial charge in [0.05, 0.1) is 11.6 Å². The second-order valence-corrected chi connectivity index (χ2v) is 5.27. The van der Waals surface area contributed by atoms with Crippen molar-refractivity contribution in [2.75, 3.05) is 5.32 Å². The Kier molecular flexibility index (Phi) is 3.55. The maximum Gasteiger partial charge on any atom is 0.248 e. The van der Waals surface area contributed by atoms with Gasteiger partial charge in [0.1, 0.15) is 12.1 Å². The number of primary amides is 1. The molecule has 0 bridgehead atoms. The first-order valence-electron chi connectivity index (χ1n) is 7.49. The van der Waals surface area contributed by atoms with Crippen LogP contribution in [-0.4, -0.2) is 30.6 Å². The Bertz CT molecular complexity index is 1060. The number of carbonyl (C=O) groups is 1. The highest BCUT2D eigenvalue weighted by molar-refractivity contribution is 5.94. The quantitative estimate of drug-likeness (QED) is 0.592. The number of hydrogen-bond donors (Lipinski definition) is 2. The summed E-state index contributed by atoms with van der Waals surface area (Å²) < 4.78 is 1.64. The van der Waals surface area contributed by atoms with E-state index in [-0.39, 0.29) is 0 Å². The topological polar surface area (TPSA) is 112 Å². The first-order valence-corrected chi connectivity index (χ1v) is 7.49. The molecule has 0 radical (unpaired) electrons. The molecule has 0 aliphatic carbocycles. The van der Waals surface area contributed by atoms with Gasteiger partial charge in [0.2, 0.25) is 5.91 Å². The van der Waals surface area contributed by atoms with E-state index >= 15 is 0 Å². The number of hydrogen-bond acceptors (Lipinski definition) is 6. The average molecular weight is 331 g/mol. The van der Waals surface area contributed by atoms with Crippen LogP contribution in [0, 0.1) is 0 Å². The van der Waals surface area contributed by atoms with E-state index in [9.17, 15) is 4.79 Å². The third-order valence-corrected chi connectivity index (χ3v) is 3.64. The Labute approximate surface area is 142 Å². The van der Waals surface area contributed by atoms with E-state index in [4.69, 9.17) is 5.73 Å². The molecule has 4 aromatic rings. The molecule has 122 valence electrons. The number of fused-ring (bicyclic) bond motifs is 1. The van der Waals surface area contributed by atoms with Crippen LogP contribution in [0.2, 0.25) is 0 Å². The number of nitrogens with zero attached hydrogens (tertiary/aromatic N) is 5. The number of nitrogens with one attached hydrogen (secondary N) is 1. The summed E-state index contributed by atoms with van der Waals surface area (Å²) in [7, 11) is 0. The van der Waals surface area contributed by atoms with Gasteiger partial charge in [0, 0.05) is 17.4 Å². The van der Waals surface area contributed by atoms with E-state index in [0.717, 1.165) is 5.39 Å². The molecule has 25 heavy (non-hydrogen) atoms. The Morgan fingerprint density at radius 1 is 1.08 bits per heavy atom. The summed E-state index contributed by atoms with van der Waals surface area (Å²) in [6.07, 6.45) is 4.81. The Hall–Kier alpha value is -3.81. The highest BCUT2D eigenvalue weighted by atomic mass is 16.1. The fourth-order valence-electron chi connectivity index (χ4n) is 2.48. The normalized spacial score (nSPS) is 10.7. The van der Waals surface area contributed by atoms with Gasteiger partial charge in [-0.2, -0.15) is 9.78 Å². The lowest BCUT2D eigenvalue weighted by atomic mass is 10.2. The number of anilines is 2. The van der Waals surface area contributed by atoms with Crippen molar-refractivity contribution in [3.05, 3.63) is 66.7 Å². The predicted molar refractivity (Wildman–Crippen MR) is 92.7 cm³/mol. The van der Waals surface area contributed by atoms with Gasteiger partial charge in [-0.05, 0) is 30.3 Å². The molecule has 3 aromatic heterocycles. The lowest BCUT2D eigenvalue weighted by Gasteiger charge is -2.07. The molecule has 0 saturated carbocycles. The molecule has 8 heteroatoms. The Morgan fingerprint density at radius 3 is 2.80 bits per heavy atom. The van der Waals surface area contributed by atoms with Crippen molar-refractivity contribution < 1.29 is 4.79 Å². The van der Waals surface area contributed by atoms with Crippen molar-refractivity contribution in [3.8, 4) is 5.82 Å². The van der Waals surface area contributed by atoms with Gasteiger partial charge in [-0.3, -0.25) is 4.79 Å². The molecule has 3 N–H and O–H groups in total. The third-order valence-electron chi connectivity index (χ3n) is 3.64. The zero-order valence-electron chi connectivity index (χ0n) is 13.0. The number of carbonyl (C=O) groups excluding carboxylic acids is 1. The second kappa shape index (κ2) is 6.00. The summed E-state index contributed by atoms with van der Waals surface area (Å²) in [6.45, 7) is 0. The minimum Gasteiger partial charge on any atom is -0.366 e. The van der Waals surface area contributed by atoms with Crippen LogP contribution in [0.3, 0.4) is 0 Å². The monoisotopic (exact) mass is 331 g/mol. The molecule has 0 unspecified atom stereocenters. The lowest BCUT2D eigenvalue weighted by molar-refractivity contribution is 0.100. The summed E-state index contributed by atoms with van der Waals surface area (Å²) in [4.78, 5) is 24.2. The number of nitrogens with two attached hydrogens (primary N) is 1. The first-order chi connectivity index (χ1) is 12.2. The van der Waals surface area contributed by atoms with Crippen LogP contribution in [0.15, 0.2) is 61.2 Å². The maximum atomic E-state index is 11.3. The largest absolute Gasteiger partial charge is 0.366 e. The Balaban J connectivity index is 1.75. The first kappa shape index (κ1) is 14.8. The molecule has 0 fully saturated rings. The molecular weight excluding hydrogens is 318 g/mol. The molecule has 1 amide bonds. The van der Waals surface area contributed by atoms with Gasteiger partial charge in [-0.25, -0.2) is 15.0 Å². The molecule has 0 aliphatic rings. The summed E-state index contributed by atoms with van der Waals surface area (Å²) in [6, 6.07) is 12.5. The van der Waals surface area contributed by atoms with Gasteiger partial charge < -0.3 is 11.1 Å². The van der Waals surface area contributed by atoms with E-state index in [1.807, 2.05) is 24.3 Å². The van der Waals surface area contributed by atoms with Crippen molar-refractivity contribution in [2.45, 2.75) is 0 Å². The lowest BCUT2D eigenvalue weighted by Crippen LogP contribution is -2.10. The molecule has 0 aliphatic heterocycles. The standard InChI is InChI=1S/C17H13N7O/c18-15(25)11-4-3-5-12(8-11)23-16-13-9-22-24(17(13)21-10-20-16)14-6-1-2-7-19-14/h1-10H,(H2,18,25)(H,20,21,23). The number of rotatable bonds is 4. The van der Waals surface area contributed by atoms with Crippen molar-refractivity contribution in [2.24, 2.45) is 5.73 Å². The molecule has 1 aromatic carbocycles. The SMILES string of the molecule is NC(=O)c1cccc(Nc2ncnc3c2cnn3-c2ccccn2)c1. The van der Waals surface area contributed by atoms with Crippen LogP contribution in [0.1, 0.15) is 10.4 Å². The van der Waals surface area contributed by atoms with Gasteiger partial charge >= 0.3 is 0 Å². The van der Waals surface area contributed by atoms with E-state index < -0.39 is 5.91 Å². The molecule has 3 heterocycles. The third kappa shape index (κ3) is 2.76. The number of aromatic nitrogens is 5. The summed E-state index contributed by atoms with van der Waals surface area (Å²) >= 11 is 0. The van der Waals surface area contributed by atoms with Crippen LogP contribution < -0.4 is 11.1 Å². The smallest absolute Gasteiger partial charge is 0.248 e. The van der Waals surface area contributed by atoms with Crippen LogP contribution >= 0.6 is 0 Å². The van der Waals surface area contributed by atoms with E-state index in [0.29, 0.717) is 28.5 Å². The van der Waals surface area contributed by atoms with Crippen molar-refractivity contribution in [1.82, 2.24) is 24.7 Å². The zero-order chi connectivity index (χ0) is 17.2. The van der Waals surface area contributed by atoms with Crippen molar-refractivity contribution >= 4 is 28.4 Å². The summed E-state index contributed by atoms with van der Waals surface area (Å²) in [5, 5.41) is 8.26. The number of pyridine rings is 1. The number of amides is 1. The van der Waals surface area contributed by atoms with E-state index in [1.165, 1.54) is 6.33 Å². The van der Waals surface area contributed by atoms with Gasteiger partial charge in [-0.15, -0.1) is 0 Å². The van der Waals surface area contributed by atoms with E-state index in [1.54, 1.807) is 35.3 Å².